The van der Waals surface area contributed by atoms with Gasteiger partial charge in [-0.05, 0) is 36.4 Å². The van der Waals surface area contributed by atoms with Gasteiger partial charge in [-0.25, -0.2) is 4.39 Å². The van der Waals surface area contributed by atoms with Crippen LogP contribution in [-0.2, 0) is 13.6 Å². The Balaban J connectivity index is 1.25. The van der Waals surface area contributed by atoms with E-state index in [-0.39, 0.29) is 17.8 Å². The number of benzene rings is 2. The van der Waals surface area contributed by atoms with Gasteiger partial charge in [0.2, 0.25) is 0 Å². The minimum atomic E-state index is -0.353. The predicted molar refractivity (Wildman–Crippen MR) is 126 cm³/mol. The number of aliphatic imine (C=N–C) groups is 1. The van der Waals surface area contributed by atoms with Crippen molar-refractivity contribution in [3.8, 4) is 5.75 Å². The summed E-state index contributed by atoms with van der Waals surface area (Å²) in [6.45, 7) is 2.39. The number of carbonyl (C=O) groups is 1. The molecule has 3 N–H and O–H groups in total. The van der Waals surface area contributed by atoms with Crippen molar-refractivity contribution in [2.75, 3.05) is 25.1 Å². The molecule has 34 heavy (non-hydrogen) atoms. The van der Waals surface area contributed by atoms with Crippen molar-refractivity contribution in [1.29, 1.82) is 0 Å². The van der Waals surface area contributed by atoms with Gasteiger partial charge in [-0.2, -0.15) is 0 Å². The van der Waals surface area contributed by atoms with E-state index >= 15 is 0 Å². The Hall–Kier alpha value is -3.79. The van der Waals surface area contributed by atoms with Gasteiger partial charge in [0, 0.05) is 43.2 Å². The number of rotatable bonds is 6. The van der Waals surface area contributed by atoms with Crippen LogP contribution in [0.3, 0.4) is 0 Å². The van der Waals surface area contributed by atoms with E-state index in [1.54, 1.807) is 18.2 Å². The zero-order valence-corrected chi connectivity index (χ0v) is 18.8. The highest BCUT2D eigenvalue weighted by Gasteiger charge is 2.24. The lowest BCUT2D eigenvalue weighted by atomic mass is 10.00. The number of fused-ring (bicyclic) bond motifs is 1. The van der Waals surface area contributed by atoms with Crippen molar-refractivity contribution >= 4 is 17.3 Å². The van der Waals surface area contributed by atoms with Crippen LogP contribution in [0.4, 0.5) is 10.1 Å². The van der Waals surface area contributed by atoms with Crippen molar-refractivity contribution in [2.45, 2.75) is 25.4 Å². The average Bonchev–Trinajstić information content (AvgIpc) is 3.24. The van der Waals surface area contributed by atoms with Gasteiger partial charge in [-0.15, -0.1) is 10.2 Å². The Kier molecular flexibility index (Phi) is 6.22. The number of nitrogens with zero attached hydrogens (tertiary/aromatic N) is 4. The zero-order chi connectivity index (χ0) is 23.5. The number of hydrogen-bond donors (Lipinski definition) is 3. The molecule has 1 atom stereocenters. The topological polar surface area (TPSA) is 105 Å². The fourth-order valence-corrected chi connectivity index (χ4v) is 4.17. The molecule has 0 saturated carbocycles. The maximum atomic E-state index is 13.7. The standard InChI is InChI=1S/C24H26FN7O2/c1-32-22(30-31-23(32)20-7-9-26-14-28-20)13-27-17-4-2-3-15(11-17)24(33)29-19-8-10-34-21-6-5-16(25)12-18(19)21/h2-6,11-12,19,26-27H,7-10,13-14H2,1H3,(H,29,33)/t19-/m1/s1. The predicted octanol–water partition coefficient (Wildman–Crippen LogP) is 2.56. The third kappa shape index (κ3) is 4.62. The fourth-order valence-electron chi connectivity index (χ4n) is 4.17. The van der Waals surface area contributed by atoms with Gasteiger partial charge in [0.25, 0.3) is 5.91 Å². The van der Waals surface area contributed by atoms with Crippen molar-refractivity contribution in [3.05, 3.63) is 71.1 Å². The molecule has 9 nitrogen and oxygen atoms in total. The molecular weight excluding hydrogens is 437 g/mol. The maximum absolute atomic E-state index is 13.7. The Morgan fingerprint density at radius 2 is 2.18 bits per heavy atom. The molecule has 0 radical (unpaired) electrons. The molecule has 1 aromatic heterocycles. The molecule has 1 amide bonds. The third-order valence-electron chi connectivity index (χ3n) is 6.04. The molecule has 2 aliphatic rings. The molecule has 3 heterocycles. The summed E-state index contributed by atoms with van der Waals surface area (Å²) in [5, 5.41) is 18.1. The highest BCUT2D eigenvalue weighted by atomic mass is 19.1. The Bertz CT molecular complexity index is 1240. The summed E-state index contributed by atoms with van der Waals surface area (Å²) in [6.07, 6.45) is 1.40. The highest BCUT2D eigenvalue weighted by molar-refractivity contribution is 5.98. The van der Waals surface area contributed by atoms with E-state index < -0.39 is 0 Å². The molecule has 10 heteroatoms. The smallest absolute Gasteiger partial charge is 0.251 e. The number of halogens is 1. The van der Waals surface area contributed by atoms with Crippen LogP contribution in [0, 0.1) is 5.82 Å². The first-order valence-corrected chi connectivity index (χ1v) is 11.3. The first-order valence-electron chi connectivity index (χ1n) is 11.3. The van der Waals surface area contributed by atoms with Crippen molar-refractivity contribution in [3.63, 3.8) is 0 Å². The van der Waals surface area contributed by atoms with Gasteiger partial charge in [0.05, 0.1) is 31.6 Å². The zero-order valence-electron chi connectivity index (χ0n) is 18.8. The summed E-state index contributed by atoms with van der Waals surface area (Å²) in [5.74, 6) is 1.57. The van der Waals surface area contributed by atoms with Crippen molar-refractivity contribution in [2.24, 2.45) is 12.0 Å². The van der Waals surface area contributed by atoms with Gasteiger partial charge < -0.3 is 19.9 Å². The number of nitrogens with one attached hydrogen (secondary N) is 3. The average molecular weight is 464 g/mol. The van der Waals surface area contributed by atoms with Gasteiger partial charge in [0.15, 0.2) is 11.6 Å². The second-order valence-corrected chi connectivity index (χ2v) is 8.29. The number of hydrogen-bond acceptors (Lipinski definition) is 7. The van der Waals surface area contributed by atoms with Crippen LogP contribution in [0.25, 0.3) is 0 Å². The number of aromatic nitrogens is 3. The van der Waals surface area contributed by atoms with Gasteiger partial charge in [0.1, 0.15) is 11.6 Å². The molecular formula is C24H26FN7O2. The summed E-state index contributed by atoms with van der Waals surface area (Å²) in [6, 6.07) is 11.3. The summed E-state index contributed by atoms with van der Waals surface area (Å²) < 4.78 is 21.3. The third-order valence-corrected chi connectivity index (χ3v) is 6.04. The number of amides is 1. The van der Waals surface area contributed by atoms with Gasteiger partial charge in [-0.1, -0.05) is 6.07 Å². The van der Waals surface area contributed by atoms with E-state index in [1.807, 2.05) is 23.7 Å². The Morgan fingerprint density at radius 1 is 1.26 bits per heavy atom. The normalized spacial score (nSPS) is 17.4. The van der Waals surface area contributed by atoms with Crippen molar-refractivity contribution < 1.29 is 13.9 Å². The minimum absolute atomic E-state index is 0.226. The molecule has 3 aromatic rings. The van der Waals surface area contributed by atoms with Gasteiger partial charge in [-0.3, -0.25) is 15.1 Å². The van der Waals surface area contributed by atoms with E-state index in [2.05, 4.69) is 31.1 Å². The van der Waals surface area contributed by atoms with Crippen LogP contribution >= 0.6 is 0 Å². The summed E-state index contributed by atoms with van der Waals surface area (Å²) in [5.41, 5.74) is 2.91. The van der Waals surface area contributed by atoms with Crippen LogP contribution in [-0.4, -0.2) is 46.2 Å². The SMILES string of the molecule is Cn1c(CNc2cccc(C(=O)N[C@@H]3CCOc4ccc(F)cc43)c2)nnc1C1=NCNCC1. The van der Waals surface area contributed by atoms with E-state index in [4.69, 9.17) is 4.74 Å². The number of carbonyl (C=O) groups excluding carboxylic acids is 1. The summed E-state index contributed by atoms with van der Waals surface area (Å²) >= 11 is 0. The van der Waals surface area contributed by atoms with Crippen LogP contribution in [0.5, 0.6) is 5.75 Å². The molecule has 2 aliphatic heterocycles. The largest absolute Gasteiger partial charge is 0.493 e. The molecule has 0 spiro atoms. The molecule has 0 bridgehead atoms. The molecule has 5 rings (SSSR count). The van der Waals surface area contributed by atoms with E-state index in [9.17, 15) is 9.18 Å². The van der Waals surface area contributed by atoms with E-state index in [0.717, 1.165) is 36.0 Å². The molecule has 0 aliphatic carbocycles. The Labute approximate surface area is 196 Å². The number of anilines is 1. The van der Waals surface area contributed by atoms with Gasteiger partial charge >= 0.3 is 0 Å². The fraction of sp³-hybridized carbons (Fsp3) is 0.333. The summed E-state index contributed by atoms with van der Waals surface area (Å²) in [7, 11) is 1.93. The Morgan fingerprint density at radius 3 is 3.03 bits per heavy atom. The van der Waals surface area contributed by atoms with Crippen LogP contribution in [0.15, 0.2) is 47.5 Å². The summed E-state index contributed by atoms with van der Waals surface area (Å²) in [4.78, 5) is 17.4. The molecule has 0 fully saturated rings. The maximum Gasteiger partial charge on any atom is 0.251 e. The highest BCUT2D eigenvalue weighted by Crippen LogP contribution is 2.32. The number of ether oxygens (including phenoxy) is 1. The van der Waals surface area contributed by atoms with Crippen LogP contribution in [0.2, 0.25) is 0 Å². The molecule has 0 unspecified atom stereocenters. The molecule has 0 saturated heterocycles. The second-order valence-electron chi connectivity index (χ2n) is 8.29. The molecule has 2 aromatic carbocycles. The van der Waals surface area contributed by atoms with Crippen molar-refractivity contribution in [1.82, 2.24) is 25.4 Å². The second kappa shape index (κ2) is 9.60. The lowest BCUT2D eigenvalue weighted by Gasteiger charge is -2.26. The van der Waals surface area contributed by atoms with E-state index in [1.165, 1.54) is 12.1 Å². The first kappa shape index (κ1) is 22.0. The lowest BCUT2D eigenvalue weighted by Crippen LogP contribution is -2.32. The van der Waals surface area contributed by atoms with Crippen LogP contribution < -0.4 is 20.7 Å². The van der Waals surface area contributed by atoms with E-state index in [0.29, 0.717) is 43.1 Å². The molecule has 176 valence electrons. The monoisotopic (exact) mass is 463 g/mol. The van der Waals surface area contributed by atoms with Crippen LogP contribution in [0.1, 0.15) is 46.5 Å². The lowest BCUT2D eigenvalue weighted by molar-refractivity contribution is 0.0924. The quantitative estimate of drug-likeness (QED) is 0.519. The minimum Gasteiger partial charge on any atom is -0.493 e. The first-order chi connectivity index (χ1) is 16.6.